The molecule has 2 fully saturated rings. The zero-order valence-corrected chi connectivity index (χ0v) is 19.6. The molecule has 2 atom stereocenters. The van der Waals surface area contributed by atoms with E-state index in [-0.39, 0.29) is 30.5 Å². The number of rotatable bonds is 7. The lowest BCUT2D eigenvalue weighted by Gasteiger charge is -2.30. The largest absolute Gasteiger partial charge is 0.444 e. The van der Waals surface area contributed by atoms with Gasteiger partial charge in [0.15, 0.2) is 0 Å². The van der Waals surface area contributed by atoms with Crippen molar-refractivity contribution in [2.75, 3.05) is 26.8 Å². The number of imide groups is 1. The number of ether oxygens (including phenoxy) is 2. The molecule has 2 saturated heterocycles. The summed E-state index contributed by atoms with van der Waals surface area (Å²) < 4.78 is 11.0. The Labute approximate surface area is 193 Å². The Balaban J connectivity index is 1.48. The van der Waals surface area contributed by atoms with E-state index in [4.69, 9.17) is 9.47 Å². The Morgan fingerprint density at radius 1 is 1.30 bits per heavy atom. The van der Waals surface area contributed by atoms with Crippen molar-refractivity contribution < 1.29 is 28.7 Å². The maximum Gasteiger partial charge on any atom is 0.410 e. The van der Waals surface area contributed by atoms with Gasteiger partial charge in [-0.2, -0.15) is 0 Å². The summed E-state index contributed by atoms with van der Waals surface area (Å²) in [6, 6.07) is -1.43. The highest BCUT2D eigenvalue weighted by atomic mass is 16.6. The van der Waals surface area contributed by atoms with E-state index >= 15 is 0 Å². The summed E-state index contributed by atoms with van der Waals surface area (Å²) in [5.41, 5.74) is 1.02. The van der Waals surface area contributed by atoms with Crippen LogP contribution in [0.4, 0.5) is 9.59 Å². The van der Waals surface area contributed by atoms with Crippen molar-refractivity contribution in [2.45, 2.75) is 57.7 Å². The Bertz CT molecular complexity index is 901. The van der Waals surface area contributed by atoms with Crippen molar-refractivity contribution in [1.82, 2.24) is 20.4 Å². The van der Waals surface area contributed by atoms with Gasteiger partial charge in [-0.15, -0.1) is 0 Å². The van der Waals surface area contributed by atoms with Gasteiger partial charge in [-0.05, 0) is 45.3 Å². The van der Waals surface area contributed by atoms with Crippen LogP contribution in [0.15, 0.2) is 35.6 Å². The first kappa shape index (κ1) is 24.5. The van der Waals surface area contributed by atoms with Crippen LogP contribution in [0.1, 0.15) is 40.0 Å². The molecular formula is C23H32N4O6. The third-order valence-electron chi connectivity index (χ3n) is 5.40. The number of allylic oxidation sites excluding steroid dienone is 2. The Morgan fingerprint density at radius 3 is 2.76 bits per heavy atom. The van der Waals surface area contributed by atoms with Crippen LogP contribution in [-0.4, -0.2) is 78.2 Å². The number of fused-ring (bicyclic) bond motifs is 1. The van der Waals surface area contributed by atoms with Crippen LogP contribution in [0.3, 0.4) is 0 Å². The maximum absolute atomic E-state index is 12.6. The number of carbonyl (C=O) groups excluding carboxylic acids is 4. The fourth-order valence-electron chi connectivity index (χ4n) is 3.82. The second-order valence-corrected chi connectivity index (χ2v) is 9.20. The molecule has 1 aliphatic carbocycles. The fraction of sp³-hybridized carbons (Fsp3) is 0.565. The number of hydrogen-bond acceptors (Lipinski definition) is 6. The molecule has 10 heteroatoms. The molecule has 0 bridgehead atoms. The summed E-state index contributed by atoms with van der Waals surface area (Å²) in [7, 11) is 1.69. The second-order valence-electron chi connectivity index (χ2n) is 9.20. The fourth-order valence-corrected chi connectivity index (χ4v) is 3.82. The third kappa shape index (κ3) is 6.22. The van der Waals surface area contributed by atoms with Gasteiger partial charge in [-0.1, -0.05) is 18.2 Å². The standard InChI is InChI=1S/C23H32N4O6/c1-23(2,3)33-22(31)26(4)12-6-13-32-14-11-15-7-5-8-16-19(15)25-21(30)27(16)17-9-10-18(28)24-20(17)29/h5,7-8,11,17,19H,6,9-10,12-14H2,1-4H3,(H,25,30)(H,24,28,29). The van der Waals surface area contributed by atoms with Gasteiger partial charge < -0.3 is 19.7 Å². The van der Waals surface area contributed by atoms with Gasteiger partial charge in [-0.3, -0.25) is 19.8 Å². The van der Waals surface area contributed by atoms with E-state index in [2.05, 4.69) is 10.6 Å². The average molecular weight is 461 g/mol. The quantitative estimate of drug-likeness (QED) is 0.442. The number of amides is 5. The monoisotopic (exact) mass is 460 g/mol. The van der Waals surface area contributed by atoms with E-state index < -0.39 is 17.6 Å². The zero-order valence-electron chi connectivity index (χ0n) is 19.6. The molecule has 0 radical (unpaired) electrons. The van der Waals surface area contributed by atoms with Crippen LogP contribution in [0.25, 0.3) is 0 Å². The molecule has 10 nitrogen and oxygen atoms in total. The summed E-state index contributed by atoms with van der Waals surface area (Å²) in [6.45, 7) is 6.79. The van der Waals surface area contributed by atoms with Gasteiger partial charge in [0.2, 0.25) is 11.8 Å². The molecule has 2 heterocycles. The molecule has 2 N–H and O–H groups in total. The van der Waals surface area contributed by atoms with Gasteiger partial charge in [0.25, 0.3) is 0 Å². The lowest BCUT2D eigenvalue weighted by Crippen LogP contribution is -2.52. The van der Waals surface area contributed by atoms with Crippen LogP contribution in [0, 0.1) is 0 Å². The molecule has 2 aliphatic heterocycles. The van der Waals surface area contributed by atoms with Crippen molar-refractivity contribution in [2.24, 2.45) is 0 Å². The first-order valence-corrected chi connectivity index (χ1v) is 11.1. The minimum absolute atomic E-state index is 0.202. The van der Waals surface area contributed by atoms with E-state index in [0.29, 0.717) is 38.3 Å². The van der Waals surface area contributed by atoms with E-state index in [0.717, 1.165) is 5.57 Å². The number of nitrogens with zero attached hydrogens (tertiary/aromatic N) is 2. The SMILES string of the molecule is CN(CCCOCC=C1C=CC=C2C1NC(=O)N2C1CCC(=O)NC1=O)C(=O)OC(C)(C)C. The summed E-state index contributed by atoms with van der Waals surface area (Å²) >= 11 is 0. The lowest BCUT2D eigenvalue weighted by molar-refractivity contribution is -0.136. The average Bonchev–Trinajstić information content (AvgIpc) is 3.05. The summed E-state index contributed by atoms with van der Waals surface area (Å²) in [5, 5.41) is 5.21. The van der Waals surface area contributed by atoms with E-state index in [1.165, 1.54) is 9.80 Å². The topological polar surface area (TPSA) is 117 Å². The molecule has 0 aromatic carbocycles. The Hall–Kier alpha value is -3.14. The van der Waals surface area contributed by atoms with Crippen molar-refractivity contribution in [3.8, 4) is 0 Å². The summed E-state index contributed by atoms with van der Waals surface area (Å²) in [6.07, 6.45) is 8.20. The van der Waals surface area contributed by atoms with E-state index in [1.54, 1.807) is 13.1 Å². The molecule has 0 saturated carbocycles. The highest BCUT2D eigenvalue weighted by molar-refractivity contribution is 6.02. The van der Waals surface area contributed by atoms with Crippen LogP contribution in [-0.2, 0) is 19.1 Å². The van der Waals surface area contributed by atoms with Gasteiger partial charge in [-0.25, -0.2) is 9.59 Å². The molecule has 3 aliphatic rings. The minimum atomic E-state index is -0.704. The molecule has 2 unspecified atom stereocenters. The van der Waals surface area contributed by atoms with Crippen LogP contribution >= 0.6 is 0 Å². The maximum atomic E-state index is 12.6. The number of carbonyl (C=O) groups is 4. The smallest absolute Gasteiger partial charge is 0.410 e. The Kier molecular flexibility index (Phi) is 7.57. The Morgan fingerprint density at radius 2 is 2.06 bits per heavy atom. The molecular weight excluding hydrogens is 428 g/mol. The van der Waals surface area contributed by atoms with E-state index in [9.17, 15) is 19.2 Å². The van der Waals surface area contributed by atoms with E-state index in [1.807, 2.05) is 39.0 Å². The van der Waals surface area contributed by atoms with Crippen molar-refractivity contribution >= 4 is 23.9 Å². The van der Waals surface area contributed by atoms with Crippen molar-refractivity contribution in [3.05, 3.63) is 35.6 Å². The van der Waals surface area contributed by atoms with Crippen molar-refractivity contribution in [3.63, 3.8) is 0 Å². The second kappa shape index (κ2) is 10.2. The van der Waals surface area contributed by atoms with Gasteiger partial charge in [0.1, 0.15) is 11.6 Å². The highest BCUT2D eigenvalue weighted by Gasteiger charge is 2.44. The highest BCUT2D eigenvalue weighted by Crippen LogP contribution is 2.31. The molecule has 3 rings (SSSR count). The number of piperidine rings is 1. The van der Waals surface area contributed by atoms with Gasteiger partial charge >= 0.3 is 12.1 Å². The van der Waals surface area contributed by atoms with Crippen LogP contribution < -0.4 is 10.6 Å². The predicted molar refractivity (Wildman–Crippen MR) is 120 cm³/mol. The lowest BCUT2D eigenvalue weighted by atomic mass is 9.97. The predicted octanol–water partition coefficient (Wildman–Crippen LogP) is 1.84. The zero-order chi connectivity index (χ0) is 24.2. The molecule has 33 heavy (non-hydrogen) atoms. The van der Waals surface area contributed by atoms with Crippen molar-refractivity contribution in [1.29, 1.82) is 0 Å². The van der Waals surface area contributed by atoms with Gasteiger partial charge in [0, 0.05) is 26.6 Å². The normalized spacial score (nSPS) is 23.8. The minimum Gasteiger partial charge on any atom is -0.444 e. The first-order valence-electron chi connectivity index (χ1n) is 11.1. The first-order chi connectivity index (χ1) is 15.6. The van der Waals surface area contributed by atoms with Crippen LogP contribution in [0.2, 0.25) is 0 Å². The molecule has 0 spiro atoms. The number of hydrogen-bond donors (Lipinski definition) is 2. The summed E-state index contributed by atoms with van der Waals surface area (Å²) in [4.78, 5) is 51.2. The molecule has 0 aromatic heterocycles. The number of nitrogens with one attached hydrogen (secondary N) is 2. The number of urea groups is 1. The van der Waals surface area contributed by atoms with Gasteiger partial charge in [0.05, 0.1) is 18.3 Å². The van der Waals surface area contributed by atoms with Crippen LogP contribution in [0.5, 0.6) is 0 Å². The third-order valence-corrected chi connectivity index (χ3v) is 5.40. The summed E-state index contributed by atoms with van der Waals surface area (Å²) in [5.74, 6) is -0.775. The molecule has 180 valence electrons. The molecule has 0 aromatic rings. The molecule has 5 amide bonds.